The van der Waals surface area contributed by atoms with Crippen molar-refractivity contribution >= 4 is 46.2 Å². The van der Waals surface area contributed by atoms with Crippen molar-refractivity contribution in [3.63, 3.8) is 0 Å². The number of esters is 1. The van der Waals surface area contributed by atoms with Gasteiger partial charge in [0, 0.05) is 12.0 Å². The van der Waals surface area contributed by atoms with E-state index in [-0.39, 0.29) is 16.0 Å². The second-order valence-electron chi connectivity index (χ2n) is 7.21. The zero-order valence-electron chi connectivity index (χ0n) is 15.4. The Morgan fingerprint density at radius 3 is 2.54 bits per heavy atom. The van der Waals surface area contributed by atoms with E-state index in [1.165, 1.54) is 36.1 Å². The minimum atomic E-state index is -0.812. The van der Waals surface area contributed by atoms with Crippen LogP contribution < -0.4 is 0 Å². The maximum Gasteiger partial charge on any atom is 0.348 e. The lowest BCUT2D eigenvalue weighted by Gasteiger charge is -2.22. The number of carbonyl (C=O) groups is 1. The second kappa shape index (κ2) is 7.32. The number of methoxy groups -OCH3 is 1. The summed E-state index contributed by atoms with van der Waals surface area (Å²) in [6, 6.07) is 3.04. The van der Waals surface area contributed by atoms with Gasteiger partial charge < -0.3 is 9.57 Å². The molecule has 0 spiro atoms. The maximum atomic E-state index is 13.8. The van der Waals surface area contributed by atoms with Crippen LogP contribution in [0.25, 0.3) is 0 Å². The van der Waals surface area contributed by atoms with Crippen LogP contribution in [0.3, 0.4) is 0 Å². The average molecular weight is 442 g/mol. The lowest BCUT2D eigenvalue weighted by molar-refractivity contribution is -0.00742. The van der Waals surface area contributed by atoms with Crippen molar-refractivity contribution in [2.45, 2.75) is 44.6 Å². The van der Waals surface area contributed by atoms with Gasteiger partial charge in [-0.25, -0.2) is 9.18 Å². The fourth-order valence-electron chi connectivity index (χ4n) is 3.80. The Morgan fingerprint density at radius 1 is 1.25 bits per heavy atom. The molecular formula is C20H18Cl2FNO3S. The highest BCUT2D eigenvalue weighted by Crippen LogP contribution is 2.43. The van der Waals surface area contributed by atoms with E-state index in [1.807, 2.05) is 6.92 Å². The zero-order chi connectivity index (χ0) is 20.1. The predicted molar refractivity (Wildman–Crippen MR) is 108 cm³/mol. The van der Waals surface area contributed by atoms with Crippen LogP contribution in [0.15, 0.2) is 17.3 Å². The number of hydrogen-bond acceptors (Lipinski definition) is 5. The predicted octanol–water partition coefficient (Wildman–Crippen LogP) is 5.90. The van der Waals surface area contributed by atoms with Gasteiger partial charge in [-0.15, -0.1) is 11.3 Å². The van der Waals surface area contributed by atoms with Crippen LogP contribution in [-0.4, -0.2) is 18.8 Å². The molecule has 0 N–H and O–H groups in total. The van der Waals surface area contributed by atoms with Crippen LogP contribution in [0.4, 0.5) is 4.39 Å². The van der Waals surface area contributed by atoms with E-state index in [4.69, 9.17) is 32.8 Å². The zero-order valence-corrected chi connectivity index (χ0v) is 17.7. The molecule has 0 amide bonds. The molecule has 1 unspecified atom stereocenters. The van der Waals surface area contributed by atoms with Crippen LogP contribution in [0.1, 0.15) is 57.4 Å². The maximum absolute atomic E-state index is 13.8. The van der Waals surface area contributed by atoms with Crippen LogP contribution >= 0.6 is 34.5 Å². The Bertz CT molecular complexity index is 981. The SMILES string of the molecule is COC(=O)c1sc(C2=NOC(C)(c3cc(Cl)c(F)c(Cl)c3)C2)c2c1CCCC2. The summed E-state index contributed by atoms with van der Waals surface area (Å²) in [6.45, 7) is 1.87. The molecule has 0 radical (unpaired) electrons. The molecule has 1 atom stereocenters. The minimum Gasteiger partial charge on any atom is -0.465 e. The van der Waals surface area contributed by atoms with E-state index < -0.39 is 11.4 Å². The number of fused-ring (bicyclic) bond motifs is 1. The van der Waals surface area contributed by atoms with Gasteiger partial charge >= 0.3 is 5.97 Å². The van der Waals surface area contributed by atoms with E-state index >= 15 is 0 Å². The molecule has 2 aliphatic rings. The van der Waals surface area contributed by atoms with Gasteiger partial charge in [0.2, 0.25) is 0 Å². The first-order valence-corrected chi connectivity index (χ1v) is 10.5. The van der Waals surface area contributed by atoms with Gasteiger partial charge in [-0.05, 0) is 55.9 Å². The molecule has 0 saturated heterocycles. The van der Waals surface area contributed by atoms with Crippen molar-refractivity contribution < 1.29 is 18.8 Å². The van der Waals surface area contributed by atoms with E-state index in [0.717, 1.165) is 41.8 Å². The smallest absolute Gasteiger partial charge is 0.348 e. The number of oxime groups is 1. The number of nitrogens with zero attached hydrogens (tertiary/aromatic N) is 1. The molecule has 4 nitrogen and oxygen atoms in total. The van der Waals surface area contributed by atoms with Gasteiger partial charge in [-0.3, -0.25) is 0 Å². The first-order valence-electron chi connectivity index (χ1n) is 8.97. The van der Waals surface area contributed by atoms with E-state index in [0.29, 0.717) is 16.9 Å². The van der Waals surface area contributed by atoms with E-state index in [9.17, 15) is 9.18 Å². The third kappa shape index (κ3) is 3.21. The van der Waals surface area contributed by atoms with Gasteiger partial charge in [0.05, 0.1) is 22.0 Å². The fraction of sp³-hybridized carbons (Fsp3) is 0.400. The number of rotatable bonds is 3. The number of carbonyl (C=O) groups excluding carboxylic acids is 1. The van der Waals surface area contributed by atoms with Gasteiger partial charge in [-0.1, -0.05) is 28.4 Å². The van der Waals surface area contributed by atoms with Crippen molar-refractivity contribution in [2.24, 2.45) is 5.16 Å². The third-order valence-electron chi connectivity index (χ3n) is 5.31. The topological polar surface area (TPSA) is 47.9 Å². The Balaban J connectivity index is 1.70. The Labute approximate surface area is 176 Å². The molecule has 1 aliphatic heterocycles. The second-order valence-corrected chi connectivity index (χ2v) is 9.04. The molecule has 0 fully saturated rings. The fourth-order valence-corrected chi connectivity index (χ4v) is 5.58. The molecule has 0 saturated carbocycles. The van der Waals surface area contributed by atoms with Crippen LogP contribution in [-0.2, 0) is 28.0 Å². The number of halogens is 3. The van der Waals surface area contributed by atoms with Crippen molar-refractivity contribution in [2.75, 3.05) is 7.11 Å². The molecule has 0 bridgehead atoms. The summed E-state index contributed by atoms with van der Waals surface area (Å²) < 4.78 is 18.8. The minimum absolute atomic E-state index is 0.0535. The van der Waals surface area contributed by atoms with Gasteiger partial charge in [0.1, 0.15) is 10.6 Å². The molecule has 1 aliphatic carbocycles. The van der Waals surface area contributed by atoms with Crippen molar-refractivity contribution in [3.05, 3.63) is 54.4 Å². The quantitative estimate of drug-likeness (QED) is 0.439. The summed E-state index contributed by atoms with van der Waals surface area (Å²) in [5.41, 5.74) is 2.85. The molecule has 1 aromatic carbocycles. The summed E-state index contributed by atoms with van der Waals surface area (Å²) in [7, 11) is 1.40. The number of hydrogen-bond donors (Lipinski definition) is 0. The molecule has 1 aromatic heterocycles. The van der Waals surface area contributed by atoms with Crippen LogP contribution in [0, 0.1) is 5.82 Å². The summed E-state index contributed by atoms with van der Waals surface area (Å²) >= 11 is 13.3. The van der Waals surface area contributed by atoms with Crippen molar-refractivity contribution in [3.8, 4) is 0 Å². The van der Waals surface area contributed by atoms with Gasteiger partial charge in [0.25, 0.3) is 0 Å². The van der Waals surface area contributed by atoms with Crippen LogP contribution in [0.5, 0.6) is 0 Å². The molecule has 8 heteroatoms. The van der Waals surface area contributed by atoms with Gasteiger partial charge in [-0.2, -0.15) is 0 Å². The average Bonchev–Trinajstić information content (AvgIpc) is 3.27. The van der Waals surface area contributed by atoms with E-state index in [2.05, 4.69) is 5.16 Å². The molecule has 148 valence electrons. The Hall–Kier alpha value is -1.63. The highest BCUT2D eigenvalue weighted by Gasteiger charge is 2.40. The number of thiophene rings is 1. The molecular weight excluding hydrogens is 424 g/mol. The Kier molecular flexibility index (Phi) is 5.14. The standard InChI is InChI=1S/C20H18Cl2FNO3S/c1-20(10-7-13(21)16(23)14(22)8-10)9-15(24-27-20)17-11-5-3-4-6-12(11)18(28-17)19(25)26-2/h7-8H,3-6,9H2,1-2H3. The van der Waals surface area contributed by atoms with Gasteiger partial charge in [0.15, 0.2) is 11.4 Å². The first kappa shape index (κ1) is 19.7. The summed E-state index contributed by atoms with van der Waals surface area (Å²) in [5.74, 6) is -0.960. The first-order chi connectivity index (χ1) is 13.3. The normalized spacial score (nSPS) is 21.1. The van der Waals surface area contributed by atoms with Crippen molar-refractivity contribution in [1.82, 2.24) is 0 Å². The van der Waals surface area contributed by atoms with Crippen LogP contribution in [0.2, 0.25) is 10.0 Å². The largest absolute Gasteiger partial charge is 0.465 e. The summed E-state index contributed by atoms with van der Waals surface area (Å²) in [6.07, 6.45) is 4.37. The summed E-state index contributed by atoms with van der Waals surface area (Å²) in [5, 5.41) is 4.21. The molecule has 4 rings (SSSR count). The molecule has 2 heterocycles. The number of ether oxygens (including phenoxy) is 1. The molecule has 28 heavy (non-hydrogen) atoms. The number of benzene rings is 1. The van der Waals surface area contributed by atoms with Crippen molar-refractivity contribution in [1.29, 1.82) is 0 Å². The monoisotopic (exact) mass is 441 g/mol. The molecule has 2 aromatic rings. The summed E-state index contributed by atoms with van der Waals surface area (Å²) in [4.78, 5) is 19.6. The lowest BCUT2D eigenvalue weighted by atomic mass is 9.87. The highest BCUT2D eigenvalue weighted by molar-refractivity contribution is 7.16. The van der Waals surface area contributed by atoms with E-state index in [1.54, 1.807) is 0 Å². The Morgan fingerprint density at radius 2 is 1.89 bits per heavy atom. The lowest BCUT2D eigenvalue weighted by Crippen LogP contribution is -2.22. The third-order valence-corrected chi connectivity index (χ3v) is 7.16. The highest BCUT2D eigenvalue weighted by atomic mass is 35.5.